The summed E-state index contributed by atoms with van der Waals surface area (Å²) >= 11 is 0. The van der Waals surface area contributed by atoms with E-state index in [9.17, 15) is 9.59 Å². The van der Waals surface area contributed by atoms with Crippen molar-refractivity contribution in [1.82, 2.24) is 0 Å². The molecule has 8 heteroatoms. The number of hydrogen-bond acceptors (Lipinski definition) is 8. The fraction of sp³-hybridized carbons (Fsp3) is 0.348. The highest BCUT2D eigenvalue weighted by Gasteiger charge is 2.21. The van der Waals surface area contributed by atoms with Crippen LogP contribution in [-0.4, -0.2) is 57.2 Å². The first-order chi connectivity index (χ1) is 26.3. The highest BCUT2D eigenvalue weighted by atomic mass is 16.6. The van der Waals surface area contributed by atoms with E-state index in [-0.39, 0.29) is 11.9 Å². The van der Waals surface area contributed by atoms with Crippen LogP contribution in [0.5, 0.6) is 11.5 Å². The molecule has 286 valence electrons. The Hall–Kier alpha value is -5.18. The van der Waals surface area contributed by atoms with E-state index in [2.05, 4.69) is 61.5 Å². The van der Waals surface area contributed by atoms with Gasteiger partial charge in [0.2, 0.25) is 0 Å². The van der Waals surface area contributed by atoms with Crippen molar-refractivity contribution in [1.29, 1.82) is 0 Å². The number of carbonyl (C=O) groups excluding carboxylic acids is 2. The molecule has 2 unspecified atom stereocenters. The highest BCUT2D eigenvalue weighted by Crippen LogP contribution is 2.25. The van der Waals surface area contributed by atoms with E-state index < -0.39 is 12.2 Å². The molecule has 0 bridgehead atoms. The molecule has 2 atom stereocenters. The van der Waals surface area contributed by atoms with Gasteiger partial charge in [0.05, 0.1) is 13.2 Å². The molecule has 8 nitrogen and oxygen atoms in total. The molecule has 0 fully saturated rings. The molecule has 0 aliphatic rings. The van der Waals surface area contributed by atoms with Crippen LogP contribution in [0.2, 0.25) is 0 Å². The third-order valence-electron chi connectivity index (χ3n) is 8.74. The fourth-order valence-corrected chi connectivity index (χ4v) is 5.81. The lowest BCUT2D eigenvalue weighted by atomic mass is 9.99. The lowest BCUT2D eigenvalue weighted by Crippen LogP contribution is -2.28. The first-order valence-corrected chi connectivity index (χ1v) is 18.8. The number of esters is 2. The summed E-state index contributed by atoms with van der Waals surface area (Å²) < 4.78 is 33.7. The van der Waals surface area contributed by atoms with Crippen LogP contribution in [0.3, 0.4) is 0 Å². The molecule has 0 N–H and O–H groups in total. The zero-order valence-corrected chi connectivity index (χ0v) is 32.5. The van der Waals surface area contributed by atoms with E-state index in [1.165, 1.54) is 0 Å². The Labute approximate surface area is 320 Å². The Balaban J connectivity index is 1.26. The summed E-state index contributed by atoms with van der Waals surface area (Å²) in [5, 5.41) is 0. The summed E-state index contributed by atoms with van der Waals surface area (Å²) in [4.78, 5) is 24.4. The fourth-order valence-electron chi connectivity index (χ4n) is 5.81. The van der Waals surface area contributed by atoms with Crippen molar-refractivity contribution in [3.63, 3.8) is 0 Å². The normalized spacial score (nSPS) is 12.9. The van der Waals surface area contributed by atoms with Crippen LogP contribution < -0.4 is 9.47 Å². The molecule has 0 aliphatic carbocycles. The van der Waals surface area contributed by atoms with Crippen molar-refractivity contribution in [3.8, 4) is 22.6 Å². The highest BCUT2D eigenvalue weighted by molar-refractivity contribution is 5.75. The summed E-state index contributed by atoms with van der Waals surface area (Å²) in [6.07, 6.45) is 4.38. The minimum Gasteiger partial charge on any atom is -0.490 e. The Morgan fingerprint density at radius 3 is 1.52 bits per heavy atom. The van der Waals surface area contributed by atoms with Gasteiger partial charge in [0.15, 0.2) is 12.2 Å². The minimum atomic E-state index is -0.621. The second-order valence-corrected chi connectivity index (χ2v) is 12.6. The zero-order chi connectivity index (χ0) is 38.7. The lowest BCUT2D eigenvalue weighted by Gasteiger charge is -2.16. The number of benzene rings is 4. The van der Waals surface area contributed by atoms with Crippen molar-refractivity contribution < 1.29 is 38.0 Å². The smallest absolute Gasteiger partial charge is 0.335 e. The van der Waals surface area contributed by atoms with Gasteiger partial charge in [0, 0.05) is 32.5 Å². The molecule has 0 spiro atoms. The zero-order valence-electron chi connectivity index (χ0n) is 32.5. The standard InChI is InChI=1S/C46H54O8/c1-7-40(54-42-26-16-36(17-27-42)32-44(50-9-3)46(48)52-11-5)30-34-12-18-38(19-13-34)39-22-20-37(21-23-39)33(6)28-29-53-41-24-14-35(15-25-41)31-43(49-8-2)45(47)51-10-4/h7,12-28,43-44H,8-11,29-32H2,1-6H3. The van der Waals surface area contributed by atoms with Gasteiger partial charge in [-0.25, -0.2) is 9.59 Å². The Morgan fingerprint density at radius 2 is 1.06 bits per heavy atom. The largest absolute Gasteiger partial charge is 0.490 e. The van der Waals surface area contributed by atoms with E-state index in [1.807, 2.05) is 75.4 Å². The van der Waals surface area contributed by atoms with Gasteiger partial charge in [0.25, 0.3) is 0 Å². The van der Waals surface area contributed by atoms with Gasteiger partial charge >= 0.3 is 11.9 Å². The summed E-state index contributed by atoms with van der Waals surface area (Å²) in [7, 11) is 0. The van der Waals surface area contributed by atoms with Gasteiger partial charge in [-0.1, -0.05) is 72.8 Å². The van der Waals surface area contributed by atoms with Crippen molar-refractivity contribution in [2.75, 3.05) is 33.0 Å². The summed E-state index contributed by atoms with van der Waals surface area (Å²) in [6.45, 7) is 13.3. The van der Waals surface area contributed by atoms with Gasteiger partial charge < -0.3 is 28.4 Å². The van der Waals surface area contributed by atoms with Crippen molar-refractivity contribution in [2.24, 2.45) is 0 Å². The van der Waals surface area contributed by atoms with Crippen molar-refractivity contribution in [2.45, 2.75) is 73.0 Å². The van der Waals surface area contributed by atoms with Crippen molar-refractivity contribution in [3.05, 3.63) is 137 Å². The SMILES string of the molecule is CC=C(Cc1ccc(-c2ccc(C(C)=CCOc3ccc(CC(OCC)C(=O)OCC)cc3)cc2)cc1)Oc1ccc(CC(OCC)C(=O)OCC)cc1. The summed E-state index contributed by atoms with van der Waals surface area (Å²) in [5.41, 5.74) is 7.64. The topological polar surface area (TPSA) is 89.5 Å². The van der Waals surface area contributed by atoms with Gasteiger partial charge in [-0.15, -0.1) is 0 Å². The molecule has 0 saturated carbocycles. The van der Waals surface area contributed by atoms with Crippen LogP contribution >= 0.6 is 0 Å². The third-order valence-corrected chi connectivity index (χ3v) is 8.74. The third kappa shape index (κ3) is 13.0. The molecular formula is C46H54O8. The van der Waals surface area contributed by atoms with E-state index in [0.717, 1.165) is 56.2 Å². The maximum Gasteiger partial charge on any atom is 0.335 e. The number of allylic oxidation sites excluding steroid dienone is 3. The maximum absolute atomic E-state index is 12.2. The molecule has 4 aromatic carbocycles. The van der Waals surface area contributed by atoms with Gasteiger partial charge in [-0.2, -0.15) is 0 Å². The molecule has 0 aromatic heterocycles. The Morgan fingerprint density at radius 1 is 0.593 bits per heavy atom. The maximum atomic E-state index is 12.2. The van der Waals surface area contributed by atoms with Gasteiger partial charge in [-0.05, 0) is 117 Å². The molecule has 54 heavy (non-hydrogen) atoms. The summed E-state index contributed by atoms with van der Waals surface area (Å²) in [5.74, 6) is 1.66. The molecule has 0 amide bonds. The van der Waals surface area contributed by atoms with Crippen LogP contribution in [-0.2, 0) is 47.8 Å². The minimum absolute atomic E-state index is 0.325. The molecular weight excluding hydrogens is 680 g/mol. The number of carbonyl (C=O) groups is 2. The average Bonchev–Trinajstić information content (AvgIpc) is 3.19. The number of hydrogen-bond donors (Lipinski definition) is 0. The lowest BCUT2D eigenvalue weighted by molar-refractivity contribution is -0.157. The Bertz CT molecular complexity index is 1790. The second-order valence-electron chi connectivity index (χ2n) is 12.6. The molecule has 0 saturated heterocycles. The molecule has 4 aromatic rings. The van der Waals surface area contributed by atoms with E-state index in [1.54, 1.807) is 13.8 Å². The van der Waals surface area contributed by atoms with Crippen LogP contribution in [0.4, 0.5) is 0 Å². The molecule has 4 rings (SSSR count). The van der Waals surface area contributed by atoms with Crippen LogP contribution in [0.1, 0.15) is 63.8 Å². The molecule has 0 heterocycles. The van der Waals surface area contributed by atoms with E-state index in [4.69, 9.17) is 28.4 Å². The molecule has 0 aliphatic heterocycles. The van der Waals surface area contributed by atoms with Gasteiger partial charge in [-0.3, -0.25) is 0 Å². The second kappa shape index (κ2) is 22.1. The first-order valence-electron chi connectivity index (χ1n) is 18.8. The van der Waals surface area contributed by atoms with Gasteiger partial charge in [0.1, 0.15) is 23.9 Å². The Kier molecular flexibility index (Phi) is 17.0. The van der Waals surface area contributed by atoms with Crippen LogP contribution in [0.25, 0.3) is 16.7 Å². The predicted octanol–water partition coefficient (Wildman–Crippen LogP) is 9.38. The van der Waals surface area contributed by atoms with Crippen LogP contribution in [0.15, 0.2) is 115 Å². The van der Waals surface area contributed by atoms with E-state index in [0.29, 0.717) is 52.3 Å². The van der Waals surface area contributed by atoms with Crippen LogP contribution in [0, 0.1) is 0 Å². The average molecular weight is 735 g/mol. The summed E-state index contributed by atoms with van der Waals surface area (Å²) in [6, 6.07) is 32.6. The van der Waals surface area contributed by atoms with E-state index >= 15 is 0 Å². The quantitative estimate of drug-likeness (QED) is 0.0618. The number of rotatable bonds is 21. The number of ether oxygens (including phenoxy) is 6. The predicted molar refractivity (Wildman–Crippen MR) is 213 cm³/mol. The monoisotopic (exact) mass is 734 g/mol. The molecule has 0 radical (unpaired) electrons. The van der Waals surface area contributed by atoms with Crippen molar-refractivity contribution >= 4 is 17.5 Å². The first kappa shape index (κ1) is 41.6.